The molecule has 0 aromatic carbocycles. The van der Waals surface area contributed by atoms with Gasteiger partial charge in [-0.3, -0.25) is 9.78 Å². The smallest absolute Gasteiger partial charge is 0.271 e. The van der Waals surface area contributed by atoms with E-state index in [-0.39, 0.29) is 12.5 Å². The van der Waals surface area contributed by atoms with Gasteiger partial charge in [-0.2, -0.15) is 0 Å². The molecule has 0 atom stereocenters. The highest BCUT2D eigenvalue weighted by molar-refractivity contribution is 7.10. The fourth-order valence-corrected chi connectivity index (χ4v) is 2.11. The molecule has 2 aromatic heterocycles. The fourth-order valence-electron chi connectivity index (χ4n) is 1.35. The molecule has 5 nitrogen and oxygen atoms in total. The number of thiophene rings is 1. The van der Waals surface area contributed by atoms with Crippen LogP contribution in [0.15, 0.2) is 30.0 Å². The minimum Gasteiger partial charge on any atom is -0.384 e. The number of amides is 1. The van der Waals surface area contributed by atoms with Crippen LogP contribution < -0.4 is 5.32 Å². The summed E-state index contributed by atoms with van der Waals surface area (Å²) in [6.07, 6.45) is 4.41. The molecule has 96 valence electrons. The number of rotatable bonds is 3. The zero-order valence-electron chi connectivity index (χ0n) is 9.96. The van der Waals surface area contributed by atoms with E-state index in [1.807, 2.05) is 11.4 Å². The van der Waals surface area contributed by atoms with Crippen LogP contribution in [-0.4, -0.2) is 27.6 Å². The van der Waals surface area contributed by atoms with Gasteiger partial charge in [0.25, 0.3) is 5.91 Å². The molecule has 0 fully saturated rings. The lowest BCUT2D eigenvalue weighted by atomic mass is 10.3. The number of aliphatic hydroxyl groups excluding tert-OH is 1. The average molecular weight is 273 g/mol. The number of aliphatic hydroxyl groups is 1. The first-order valence-electron chi connectivity index (χ1n) is 5.51. The Morgan fingerprint density at radius 1 is 1.47 bits per heavy atom. The van der Waals surface area contributed by atoms with Crippen molar-refractivity contribution in [1.82, 2.24) is 15.3 Å². The summed E-state index contributed by atoms with van der Waals surface area (Å²) in [6, 6.07) is 1.88. The molecule has 0 aliphatic rings. The Labute approximate surface area is 114 Å². The van der Waals surface area contributed by atoms with Crippen LogP contribution in [0.1, 0.15) is 20.9 Å². The van der Waals surface area contributed by atoms with Crippen molar-refractivity contribution in [3.8, 4) is 11.8 Å². The van der Waals surface area contributed by atoms with Crippen molar-refractivity contribution in [2.24, 2.45) is 0 Å². The van der Waals surface area contributed by atoms with Gasteiger partial charge in [-0.25, -0.2) is 4.98 Å². The maximum absolute atomic E-state index is 11.7. The Bertz CT molecular complexity index is 614. The quantitative estimate of drug-likeness (QED) is 0.812. The predicted molar refractivity (Wildman–Crippen MR) is 71.5 cm³/mol. The topological polar surface area (TPSA) is 75.1 Å². The molecule has 0 spiro atoms. The summed E-state index contributed by atoms with van der Waals surface area (Å²) in [4.78, 5) is 20.5. The van der Waals surface area contributed by atoms with Gasteiger partial charge in [-0.05, 0) is 6.07 Å². The van der Waals surface area contributed by atoms with E-state index < -0.39 is 0 Å². The van der Waals surface area contributed by atoms with Crippen LogP contribution in [0.4, 0.5) is 0 Å². The van der Waals surface area contributed by atoms with Crippen LogP contribution in [0.25, 0.3) is 0 Å². The average Bonchev–Trinajstić information content (AvgIpc) is 2.91. The van der Waals surface area contributed by atoms with Gasteiger partial charge in [-0.15, -0.1) is 11.3 Å². The third-order valence-electron chi connectivity index (χ3n) is 2.18. The zero-order chi connectivity index (χ0) is 13.5. The minimum atomic E-state index is -0.260. The SMILES string of the molecule is O=C(NCc1cc(C#CCO)cs1)c1cnccn1. The molecule has 0 saturated heterocycles. The second-order valence-corrected chi connectivity index (χ2v) is 4.53. The van der Waals surface area contributed by atoms with Crippen molar-refractivity contribution in [1.29, 1.82) is 0 Å². The lowest BCUT2D eigenvalue weighted by Gasteiger charge is -2.01. The lowest BCUT2D eigenvalue weighted by Crippen LogP contribution is -2.23. The Hall–Kier alpha value is -2.23. The molecule has 0 saturated carbocycles. The van der Waals surface area contributed by atoms with Crippen molar-refractivity contribution >= 4 is 17.2 Å². The number of carbonyl (C=O) groups is 1. The molecule has 0 aliphatic carbocycles. The van der Waals surface area contributed by atoms with Gasteiger partial charge >= 0.3 is 0 Å². The highest BCUT2D eigenvalue weighted by Gasteiger charge is 2.06. The van der Waals surface area contributed by atoms with Crippen molar-refractivity contribution in [3.63, 3.8) is 0 Å². The van der Waals surface area contributed by atoms with Crippen LogP contribution in [0.5, 0.6) is 0 Å². The molecule has 2 aromatic rings. The first-order valence-corrected chi connectivity index (χ1v) is 6.39. The molecule has 6 heteroatoms. The van der Waals surface area contributed by atoms with E-state index in [1.54, 1.807) is 0 Å². The maximum atomic E-state index is 11.7. The molecule has 2 heterocycles. The van der Waals surface area contributed by atoms with Gasteiger partial charge in [0.05, 0.1) is 12.7 Å². The molecular weight excluding hydrogens is 262 g/mol. The zero-order valence-corrected chi connectivity index (χ0v) is 10.8. The summed E-state index contributed by atoms with van der Waals surface area (Å²) in [6.45, 7) is 0.259. The first kappa shape index (κ1) is 13.2. The standard InChI is InChI=1S/C13H11N3O2S/c17-5-1-2-10-6-11(19-9-10)7-16-13(18)12-8-14-3-4-15-12/h3-4,6,8-9,17H,5,7H2,(H,16,18). The predicted octanol–water partition coefficient (Wildman–Crippen LogP) is 0.812. The van der Waals surface area contributed by atoms with Gasteiger partial charge in [0.2, 0.25) is 0 Å². The van der Waals surface area contributed by atoms with E-state index in [0.717, 1.165) is 10.4 Å². The molecule has 0 unspecified atom stereocenters. The van der Waals surface area contributed by atoms with E-state index in [9.17, 15) is 4.79 Å². The molecule has 2 rings (SSSR count). The van der Waals surface area contributed by atoms with Crippen LogP contribution in [-0.2, 0) is 6.54 Å². The van der Waals surface area contributed by atoms with Crippen LogP contribution >= 0.6 is 11.3 Å². The molecular formula is C13H11N3O2S. The van der Waals surface area contributed by atoms with Gasteiger partial charge in [0, 0.05) is 28.2 Å². The summed E-state index contributed by atoms with van der Waals surface area (Å²) in [5.74, 6) is 5.12. The Morgan fingerprint density at radius 2 is 2.37 bits per heavy atom. The summed E-state index contributed by atoms with van der Waals surface area (Å²) < 4.78 is 0. The fraction of sp³-hybridized carbons (Fsp3) is 0.154. The van der Waals surface area contributed by atoms with E-state index >= 15 is 0 Å². The Kier molecular flexibility index (Phi) is 4.61. The summed E-state index contributed by atoms with van der Waals surface area (Å²) in [5, 5.41) is 13.2. The number of nitrogens with zero attached hydrogens (tertiary/aromatic N) is 2. The normalized spacial score (nSPS) is 9.53. The van der Waals surface area contributed by atoms with Crippen LogP contribution in [0.2, 0.25) is 0 Å². The highest BCUT2D eigenvalue weighted by atomic mass is 32.1. The van der Waals surface area contributed by atoms with E-state index in [4.69, 9.17) is 5.11 Å². The second kappa shape index (κ2) is 6.64. The summed E-state index contributed by atoms with van der Waals surface area (Å²) >= 11 is 1.50. The van der Waals surface area contributed by atoms with Crippen molar-refractivity contribution in [2.45, 2.75) is 6.54 Å². The van der Waals surface area contributed by atoms with Crippen molar-refractivity contribution in [2.75, 3.05) is 6.61 Å². The number of hydrogen-bond acceptors (Lipinski definition) is 5. The minimum absolute atomic E-state index is 0.158. The molecule has 0 aliphatic heterocycles. The van der Waals surface area contributed by atoms with Gasteiger partial charge in [0.1, 0.15) is 12.3 Å². The third kappa shape index (κ3) is 3.88. The molecule has 0 radical (unpaired) electrons. The van der Waals surface area contributed by atoms with Gasteiger partial charge in [-0.1, -0.05) is 11.8 Å². The van der Waals surface area contributed by atoms with E-state index in [1.165, 1.54) is 29.9 Å². The summed E-state index contributed by atoms with van der Waals surface area (Å²) in [7, 11) is 0. The molecule has 2 N–H and O–H groups in total. The maximum Gasteiger partial charge on any atom is 0.271 e. The van der Waals surface area contributed by atoms with E-state index in [0.29, 0.717) is 12.2 Å². The Balaban J connectivity index is 1.92. The third-order valence-corrected chi connectivity index (χ3v) is 3.12. The molecule has 0 bridgehead atoms. The Morgan fingerprint density at radius 3 is 3.11 bits per heavy atom. The van der Waals surface area contributed by atoms with Crippen LogP contribution in [0.3, 0.4) is 0 Å². The van der Waals surface area contributed by atoms with Gasteiger partial charge in [0.15, 0.2) is 0 Å². The van der Waals surface area contributed by atoms with Crippen molar-refractivity contribution < 1.29 is 9.90 Å². The summed E-state index contributed by atoms with van der Waals surface area (Å²) in [5.41, 5.74) is 1.13. The van der Waals surface area contributed by atoms with Crippen molar-refractivity contribution in [3.05, 3.63) is 46.2 Å². The van der Waals surface area contributed by atoms with E-state index in [2.05, 4.69) is 27.1 Å². The number of carbonyl (C=O) groups excluding carboxylic acids is 1. The number of hydrogen-bond donors (Lipinski definition) is 2. The molecule has 1 amide bonds. The lowest BCUT2D eigenvalue weighted by molar-refractivity contribution is 0.0946. The monoisotopic (exact) mass is 273 g/mol. The second-order valence-electron chi connectivity index (χ2n) is 3.53. The number of nitrogens with one attached hydrogen (secondary N) is 1. The van der Waals surface area contributed by atoms with Crippen LogP contribution in [0, 0.1) is 11.8 Å². The first-order chi connectivity index (χ1) is 9.29. The largest absolute Gasteiger partial charge is 0.384 e. The molecule has 19 heavy (non-hydrogen) atoms. The number of aromatic nitrogens is 2. The van der Waals surface area contributed by atoms with Gasteiger partial charge < -0.3 is 10.4 Å². The highest BCUT2D eigenvalue weighted by Crippen LogP contribution is 2.13.